The number of benzene rings is 1. The Morgan fingerprint density at radius 2 is 1.95 bits per heavy atom. The summed E-state index contributed by atoms with van der Waals surface area (Å²) in [4.78, 5) is 4.34. The number of nitrogens with zero attached hydrogens (tertiary/aromatic N) is 1. The van der Waals surface area contributed by atoms with Gasteiger partial charge in [-0.1, -0.05) is 63.7 Å². The van der Waals surface area contributed by atoms with Gasteiger partial charge in [0.2, 0.25) is 0 Å². The summed E-state index contributed by atoms with van der Waals surface area (Å²) < 4.78 is 1.14. The van der Waals surface area contributed by atoms with E-state index < -0.39 is 0 Å². The fraction of sp³-hybridized carbons (Fsp3) is 0.471. The third-order valence-corrected chi connectivity index (χ3v) is 5.47. The molecule has 114 valence electrons. The SMILES string of the molecule is CCNC(CSc1nccs1)c1ccc(C(C)(C)C)cc1. The molecule has 2 nitrogen and oxygen atoms in total. The molecule has 21 heavy (non-hydrogen) atoms. The first-order chi connectivity index (χ1) is 10.0. The van der Waals surface area contributed by atoms with Crippen molar-refractivity contribution in [1.29, 1.82) is 0 Å². The zero-order valence-corrected chi connectivity index (χ0v) is 14.9. The van der Waals surface area contributed by atoms with Gasteiger partial charge >= 0.3 is 0 Å². The Morgan fingerprint density at radius 1 is 1.24 bits per heavy atom. The summed E-state index contributed by atoms with van der Waals surface area (Å²) in [7, 11) is 0. The van der Waals surface area contributed by atoms with Gasteiger partial charge in [0, 0.05) is 23.4 Å². The van der Waals surface area contributed by atoms with E-state index in [1.807, 2.05) is 23.3 Å². The number of hydrogen-bond donors (Lipinski definition) is 1. The summed E-state index contributed by atoms with van der Waals surface area (Å²) in [6.45, 7) is 9.89. The zero-order valence-electron chi connectivity index (χ0n) is 13.2. The third kappa shape index (κ3) is 4.83. The Bertz CT molecular complexity index is 527. The summed E-state index contributed by atoms with van der Waals surface area (Å²) in [5.41, 5.74) is 2.95. The predicted octanol–water partition coefficient (Wildman–Crippen LogP) is 4.88. The van der Waals surface area contributed by atoms with Crippen LogP contribution < -0.4 is 5.32 Å². The van der Waals surface area contributed by atoms with Crippen molar-refractivity contribution in [3.05, 3.63) is 47.0 Å². The van der Waals surface area contributed by atoms with E-state index in [9.17, 15) is 0 Å². The minimum Gasteiger partial charge on any atom is -0.309 e. The molecule has 0 aliphatic rings. The maximum atomic E-state index is 4.34. The second-order valence-corrected chi connectivity index (χ2v) is 8.25. The molecule has 2 rings (SSSR count). The van der Waals surface area contributed by atoms with Crippen molar-refractivity contribution in [1.82, 2.24) is 10.3 Å². The molecule has 0 radical (unpaired) electrons. The molecule has 1 aromatic carbocycles. The highest BCUT2D eigenvalue weighted by Gasteiger charge is 2.16. The van der Waals surface area contributed by atoms with Crippen LogP contribution in [0.3, 0.4) is 0 Å². The first kappa shape index (κ1) is 16.5. The molecule has 1 unspecified atom stereocenters. The lowest BCUT2D eigenvalue weighted by molar-refractivity contribution is 0.584. The first-order valence-corrected chi connectivity index (χ1v) is 9.23. The molecule has 0 bridgehead atoms. The Balaban J connectivity index is 2.06. The maximum Gasteiger partial charge on any atom is 0.149 e. The summed E-state index contributed by atoms with van der Waals surface area (Å²) >= 11 is 3.53. The lowest BCUT2D eigenvalue weighted by Crippen LogP contribution is -2.23. The van der Waals surface area contributed by atoms with Crippen LogP contribution >= 0.6 is 23.1 Å². The molecular formula is C17H24N2S2. The van der Waals surface area contributed by atoms with Gasteiger partial charge in [-0.15, -0.1) is 11.3 Å². The van der Waals surface area contributed by atoms with Gasteiger partial charge < -0.3 is 5.32 Å². The third-order valence-electron chi connectivity index (χ3n) is 3.41. The van der Waals surface area contributed by atoms with E-state index in [1.54, 1.807) is 11.3 Å². The standard InChI is InChI=1S/C17H24N2S2/c1-5-18-15(12-21-16-19-10-11-20-16)13-6-8-14(9-7-13)17(2,3)4/h6-11,15,18H,5,12H2,1-4H3. The number of rotatable bonds is 6. The van der Waals surface area contributed by atoms with E-state index in [-0.39, 0.29) is 5.41 Å². The van der Waals surface area contributed by atoms with Crippen molar-refractivity contribution < 1.29 is 0 Å². The fourth-order valence-corrected chi connectivity index (χ4v) is 3.93. The van der Waals surface area contributed by atoms with Crippen LogP contribution in [0.15, 0.2) is 40.2 Å². The van der Waals surface area contributed by atoms with Crippen LogP contribution in [-0.4, -0.2) is 17.3 Å². The molecule has 1 aromatic heterocycles. The summed E-state index contributed by atoms with van der Waals surface area (Å²) in [5, 5.41) is 5.61. The summed E-state index contributed by atoms with van der Waals surface area (Å²) in [5.74, 6) is 1.01. The molecule has 1 N–H and O–H groups in total. The van der Waals surface area contributed by atoms with Gasteiger partial charge in [-0.25, -0.2) is 4.98 Å². The molecule has 0 aliphatic heterocycles. The molecule has 4 heteroatoms. The van der Waals surface area contributed by atoms with E-state index in [0.717, 1.165) is 16.6 Å². The van der Waals surface area contributed by atoms with E-state index in [2.05, 4.69) is 62.3 Å². The molecular weight excluding hydrogens is 296 g/mol. The molecule has 1 heterocycles. The highest BCUT2D eigenvalue weighted by molar-refractivity contribution is 8.01. The Morgan fingerprint density at radius 3 is 2.48 bits per heavy atom. The topological polar surface area (TPSA) is 24.9 Å². The van der Waals surface area contributed by atoms with E-state index in [1.165, 1.54) is 11.1 Å². The van der Waals surface area contributed by atoms with Crippen molar-refractivity contribution in [3.63, 3.8) is 0 Å². The second kappa shape index (κ2) is 7.43. The molecule has 0 saturated carbocycles. The van der Waals surface area contributed by atoms with Crippen LogP contribution in [0.4, 0.5) is 0 Å². The van der Waals surface area contributed by atoms with E-state index >= 15 is 0 Å². The summed E-state index contributed by atoms with van der Waals surface area (Å²) in [6.07, 6.45) is 1.87. The summed E-state index contributed by atoms with van der Waals surface area (Å²) in [6, 6.07) is 9.41. The minimum atomic E-state index is 0.210. The number of thioether (sulfide) groups is 1. The molecule has 0 aliphatic carbocycles. The van der Waals surface area contributed by atoms with Crippen LogP contribution in [-0.2, 0) is 5.41 Å². The molecule has 0 spiro atoms. The number of hydrogen-bond acceptors (Lipinski definition) is 4. The van der Waals surface area contributed by atoms with Gasteiger partial charge in [0.15, 0.2) is 0 Å². The van der Waals surface area contributed by atoms with Gasteiger partial charge in [-0.05, 0) is 23.1 Å². The Labute approximate surface area is 136 Å². The van der Waals surface area contributed by atoms with Crippen LogP contribution in [0.2, 0.25) is 0 Å². The first-order valence-electron chi connectivity index (χ1n) is 7.37. The lowest BCUT2D eigenvalue weighted by Gasteiger charge is -2.22. The normalized spacial score (nSPS) is 13.3. The number of nitrogens with one attached hydrogen (secondary N) is 1. The number of aromatic nitrogens is 1. The van der Waals surface area contributed by atoms with Crippen LogP contribution in [0.1, 0.15) is 44.9 Å². The average molecular weight is 321 g/mol. The van der Waals surface area contributed by atoms with Crippen LogP contribution in [0.25, 0.3) is 0 Å². The molecule has 2 aromatic rings. The van der Waals surface area contributed by atoms with Crippen molar-refractivity contribution in [2.45, 2.75) is 43.5 Å². The van der Waals surface area contributed by atoms with E-state index in [4.69, 9.17) is 0 Å². The maximum absolute atomic E-state index is 4.34. The van der Waals surface area contributed by atoms with Crippen molar-refractivity contribution in [2.24, 2.45) is 0 Å². The molecule has 1 atom stereocenters. The average Bonchev–Trinajstić information content (AvgIpc) is 2.96. The van der Waals surface area contributed by atoms with E-state index in [0.29, 0.717) is 6.04 Å². The van der Waals surface area contributed by atoms with Gasteiger partial charge in [-0.3, -0.25) is 0 Å². The predicted molar refractivity (Wildman–Crippen MR) is 94.4 cm³/mol. The molecule has 0 fully saturated rings. The minimum absolute atomic E-state index is 0.210. The van der Waals surface area contributed by atoms with Gasteiger partial charge in [0.25, 0.3) is 0 Å². The van der Waals surface area contributed by atoms with Gasteiger partial charge in [-0.2, -0.15) is 0 Å². The van der Waals surface area contributed by atoms with Gasteiger partial charge in [0.1, 0.15) is 4.34 Å². The quantitative estimate of drug-likeness (QED) is 0.768. The largest absolute Gasteiger partial charge is 0.309 e. The smallest absolute Gasteiger partial charge is 0.149 e. The monoisotopic (exact) mass is 320 g/mol. The van der Waals surface area contributed by atoms with Crippen molar-refractivity contribution >= 4 is 23.1 Å². The second-order valence-electron chi connectivity index (χ2n) is 6.09. The van der Waals surface area contributed by atoms with Crippen LogP contribution in [0.5, 0.6) is 0 Å². The van der Waals surface area contributed by atoms with Crippen molar-refractivity contribution in [2.75, 3.05) is 12.3 Å². The fourth-order valence-electron chi connectivity index (χ4n) is 2.17. The number of thiazole rings is 1. The zero-order chi connectivity index (χ0) is 15.3. The highest BCUT2D eigenvalue weighted by Crippen LogP contribution is 2.28. The Hall–Kier alpha value is -0.840. The molecule has 0 amide bonds. The molecule has 0 saturated heterocycles. The Kier molecular flexibility index (Phi) is 5.85. The lowest BCUT2D eigenvalue weighted by atomic mass is 9.86. The van der Waals surface area contributed by atoms with Crippen molar-refractivity contribution in [3.8, 4) is 0 Å². The highest BCUT2D eigenvalue weighted by atomic mass is 32.2. The van der Waals surface area contributed by atoms with Gasteiger partial charge in [0.05, 0.1) is 0 Å². The van der Waals surface area contributed by atoms with Crippen LogP contribution in [0, 0.1) is 0 Å².